The average molecular weight is 319 g/mol. The maximum absolute atomic E-state index is 12.3. The Hall–Kier alpha value is -0.0700. The normalized spacial score (nSPS) is 37.0. The van der Waals surface area contributed by atoms with Crippen LogP contribution in [-0.4, -0.2) is 55.3 Å². The highest BCUT2D eigenvalue weighted by molar-refractivity contribution is 8.00. The predicted molar refractivity (Wildman–Crippen MR) is 83.6 cm³/mol. The van der Waals surface area contributed by atoms with Crippen molar-refractivity contribution in [3.05, 3.63) is 0 Å². The summed E-state index contributed by atoms with van der Waals surface area (Å²) in [6.07, 6.45) is 3.04. The Morgan fingerprint density at radius 2 is 2.05 bits per heavy atom. The van der Waals surface area contributed by atoms with E-state index in [0.29, 0.717) is 36.3 Å². The van der Waals surface area contributed by atoms with Gasteiger partial charge in [0.15, 0.2) is 9.84 Å². The number of thioether (sulfide) groups is 1. The van der Waals surface area contributed by atoms with Crippen LogP contribution in [0, 0.1) is 17.8 Å². The van der Waals surface area contributed by atoms with E-state index in [0.717, 1.165) is 18.7 Å². The van der Waals surface area contributed by atoms with E-state index >= 15 is 0 Å². The summed E-state index contributed by atoms with van der Waals surface area (Å²) < 4.78 is 23.8. The molecule has 20 heavy (non-hydrogen) atoms. The standard InChI is InChI=1S/C14H25NO3S2/c1-10-6-11(2)12(13(16)7-10)8-15-4-5-19-9-14(15)20(3,17)18/h10-12,14H,4-9H2,1-3H3. The fourth-order valence-corrected chi connectivity index (χ4v) is 6.40. The Balaban J connectivity index is 2.09. The van der Waals surface area contributed by atoms with Crippen LogP contribution in [0.1, 0.15) is 26.7 Å². The summed E-state index contributed by atoms with van der Waals surface area (Å²) in [5.41, 5.74) is 0. The van der Waals surface area contributed by atoms with Crippen molar-refractivity contribution in [1.29, 1.82) is 0 Å². The number of ketones is 1. The molecule has 1 heterocycles. The summed E-state index contributed by atoms with van der Waals surface area (Å²) in [5.74, 6) is 2.75. The van der Waals surface area contributed by atoms with Gasteiger partial charge in [-0.1, -0.05) is 13.8 Å². The molecule has 2 fully saturated rings. The zero-order valence-electron chi connectivity index (χ0n) is 12.5. The van der Waals surface area contributed by atoms with Gasteiger partial charge in [0.2, 0.25) is 0 Å². The number of hydrogen-bond acceptors (Lipinski definition) is 5. The second-order valence-corrected chi connectivity index (χ2v) is 9.80. The van der Waals surface area contributed by atoms with Crippen LogP contribution >= 0.6 is 11.8 Å². The number of carbonyl (C=O) groups excluding carboxylic acids is 1. The van der Waals surface area contributed by atoms with Crippen molar-refractivity contribution < 1.29 is 13.2 Å². The number of sulfone groups is 1. The van der Waals surface area contributed by atoms with Gasteiger partial charge in [-0.15, -0.1) is 0 Å². The lowest BCUT2D eigenvalue weighted by atomic mass is 9.74. The molecule has 0 spiro atoms. The zero-order valence-corrected chi connectivity index (χ0v) is 14.2. The molecule has 0 aromatic rings. The summed E-state index contributed by atoms with van der Waals surface area (Å²) in [6, 6.07) is 0. The molecule has 0 N–H and O–H groups in total. The van der Waals surface area contributed by atoms with Gasteiger partial charge in [0, 0.05) is 43.2 Å². The van der Waals surface area contributed by atoms with Crippen molar-refractivity contribution in [3.63, 3.8) is 0 Å². The van der Waals surface area contributed by atoms with Crippen LogP contribution in [0.15, 0.2) is 0 Å². The average Bonchev–Trinajstić information content (AvgIpc) is 2.33. The molecule has 1 aliphatic heterocycles. The minimum Gasteiger partial charge on any atom is -0.299 e. The zero-order chi connectivity index (χ0) is 14.9. The van der Waals surface area contributed by atoms with Crippen LogP contribution in [0.25, 0.3) is 0 Å². The van der Waals surface area contributed by atoms with E-state index in [2.05, 4.69) is 13.8 Å². The van der Waals surface area contributed by atoms with Crippen molar-refractivity contribution in [2.24, 2.45) is 17.8 Å². The van der Waals surface area contributed by atoms with Crippen LogP contribution < -0.4 is 0 Å². The highest BCUT2D eigenvalue weighted by atomic mass is 32.2. The highest BCUT2D eigenvalue weighted by Crippen LogP contribution is 2.33. The summed E-state index contributed by atoms with van der Waals surface area (Å²) in [6.45, 7) is 5.65. The summed E-state index contributed by atoms with van der Waals surface area (Å²) >= 11 is 1.69. The van der Waals surface area contributed by atoms with Gasteiger partial charge >= 0.3 is 0 Å². The van der Waals surface area contributed by atoms with E-state index in [1.54, 1.807) is 11.8 Å². The molecule has 4 atom stereocenters. The fraction of sp³-hybridized carbons (Fsp3) is 0.929. The van der Waals surface area contributed by atoms with Crippen LogP contribution in [0.5, 0.6) is 0 Å². The van der Waals surface area contributed by atoms with Crippen LogP contribution in [0.3, 0.4) is 0 Å². The fourth-order valence-electron chi connectivity index (χ4n) is 3.45. The van der Waals surface area contributed by atoms with Crippen molar-refractivity contribution in [2.45, 2.75) is 32.1 Å². The van der Waals surface area contributed by atoms with Crippen LogP contribution in [0.2, 0.25) is 0 Å². The first kappa shape index (κ1) is 16.3. The lowest BCUT2D eigenvalue weighted by Crippen LogP contribution is -2.51. The molecule has 116 valence electrons. The van der Waals surface area contributed by atoms with Gasteiger partial charge in [0.1, 0.15) is 11.2 Å². The Labute approximate surface area is 126 Å². The molecule has 1 saturated heterocycles. The molecule has 0 aromatic heterocycles. The third-order valence-electron chi connectivity index (χ3n) is 4.54. The number of rotatable bonds is 3. The van der Waals surface area contributed by atoms with Gasteiger partial charge in [-0.25, -0.2) is 8.42 Å². The third-order valence-corrected chi connectivity index (χ3v) is 7.23. The van der Waals surface area contributed by atoms with E-state index in [4.69, 9.17) is 0 Å². The first-order chi connectivity index (χ1) is 9.29. The molecule has 0 amide bonds. The minimum absolute atomic E-state index is 0.0125. The maximum atomic E-state index is 12.3. The number of Topliss-reactive ketones (excluding diaryl/α,β-unsaturated/α-hetero) is 1. The molecular formula is C14H25NO3S2. The summed E-state index contributed by atoms with van der Waals surface area (Å²) in [7, 11) is -3.08. The molecule has 4 nitrogen and oxygen atoms in total. The maximum Gasteiger partial charge on any atom is 0.164 e. The van der Waals surface area contributed by atoms with Gasteiger partial charge in [0.05, 0.1) is 0 Å². The van der Waals surface area contributed by atoms with E-state index in [9.17, 15) is 13.2 Å². The van der Waals surface area contributed by atoms with Crippen molar-refractivity contribution in [1.82, 2.24) is 4.90 Å². The minimum atomic E-state index is -3.08. The molecule has 0 aromatic carbocycles. The second kappa shape index (κ2) is 6.36. The second-order valence-electron chi connectivity index (χ2n) is 6.45. The predicted octanol–water partition coefficient (Wildman–Crippen LogP) is 1.66. The molecule has 1 saturated carbocycles. The number of nitrogens with zero attached hydrogens (tertiary/aromatic N) is 1. The molecule has 2 aliphatic rings. The number of hydrogen-bond donors (Lipinski definition) is 0. The van der Waals surface area contributed by atoms with E-state index in [1.165, 1.54) is 6.26 Å². The van der Waals surface area contributed by atoms with Crippen molar-refractivity contribution in [2.75, 3.05) is 30.9 Å². The smallest absolute Gasteiger partial charge is 0.164 e. The van der Waals surface area contributed by atoms with Crippen molar-refractivity contribution in [3.8, 4) is 0 Å². The third kappa shape index (κ3) is 3.77. The molecule has 1 aliphatic carbocycles. The lowest BCUT2D eigenvalue weighted by molar-refractivity contribution is -0.128. The van der Waals surface area contributed by atoms with E-state index in [-0.39, 0.29) is 5.92 Å². The van der Waals surface area contributed by atoms with E-state index < -0.39 is 15.2 Å². The van der Waals surface area contributed by atoms with Gasteiger partial charge in [-0.05, 0) is 18.3 Å². The molecular weight excluding hydrogens is 294 g/mol. The monoisotopic (exact) mass is 319 g/mol. The van der Waals surface area contributed by atoms with Crippen LogP contribution in [0.4, 0.5) is 0 Å². The largest absolute Gasteiger partial charge is 0.299 e. The lowest BCUT2D eigenvalue weighted by Gasteiger charge is -2.39. The van der Waals surface area contributed by atoms with Gasteiger partial charge in [-0.2, -0.15) is 11.8 Å². The van der Waals surface area contributed by atoms with Gasteiger partial charge in [0.25, 0.3) is 0 Å². The number of carbonyl (C=O) groups is 1. The first-order valence-corrected chi connectivity index (χ1v) is 10.4. The molecule has 6 heteroatoms. The molecule has 2 rings (SSSR count). The quantitative estimate of drug-likeness (QED) is 0.792. The topological polar surface area (TPSA) is 54.5 Å². The Kier molecular flexibility index (Phi) is 5.19. The van der Waals surface area contributed by atoms with Crippen LogP contribution in [-0.2, 0) is 14.6 Å². The van der Waals surface area contributed by atoms with Gasteiger partial charge in [-0.3, -0.25) is 9.69 Å². The summed E-state index contributed by atoms with van der Waals surface area (Å²) in [4.78, 5) is 14.3. The molecule has 4 unspecified atom stereocenters. The summed E-state index contributed by atoms with van der Waals surface area (Å²) in [5, 5.41) is -0.416. The Morgan fingerprint density at radius 3 is 2.65 bits per heavy atom. The highest BCUT2D eigenvalue weighted by Gasteiger charge is 2.38. The SMILES string of the molecule is CC1CC(=O)C(CN2CCSCC2S(C)(=O)=O)C(C)C1. The molecule has 0 bridgehead atoms. The van der Waals surface area contributed by atoms with Gasteiger partial charge < -0.3 is 0 Å². The molecule has 0 radical (unpaired) electrons. The first-order valence-electron chi connectivity index (χ1n) is 7.32. The van der Waals surface area contributed by atoms with E-state index in [1.807, 2.05) is 4.90 Å². The van der Waals surface area contributed by atoms with Crippen molar-refractivity contribution >= 4 is 27.4 Å². The Bertz CT molecular complexity index is 463. The Morgan fingerprint density at radius 1 is 1.35 bits per heavy atom.